The highest BCUT2D eigenvalue weighted by Crippen LogP contribution is 2.22. The van der Waals surface area contributed by atoms with Crippen LogP contribution in [0.15, 0.2) is 24.3 Å². The fraction of sp³-hybridized carbons (Fsp3) is 0.526. The molecule has 0 bridgehead atoms. The van der Waals surface area contributed by atoms with Crippen molar-refractivity contribution in [3.05, 3.63) is 35.4 Å². The van der Waals surface area contributed by atoms with E-state index in [0.717, 1.165) is 0 Å². The summed E-state index contributed by atoms with van der Waals surface area (Å²) in [7, 11) is 0. The second kappa shape index (κ2) is 7.25. The Hall–Kier alpha value is -2.37. The van der Waals surface area contributed by atoms with Crippen LogP contribution < -0.4 is 0 Å². The number of imide groups is 1. The molecule has 1 aliphatic heterocycles. The normalized spacial score (nSPS) is 14.1. The molecule has 25 heavy (non-hydrogen) atoms. The average Bonchev–Trinajstić information content (AvgIpc) is 2.74. The molecule has 1 heterocycles. The van der Waals surface area contributed by atoms with Crippen LogP contribution in [0.1, 0.15) is 61.8 Å². The van der Waals surface area contributed by atoms with E-state index in [-0.39, 0.29) is 30.5 Å². The van der Waals surface area contributed by atoms with Gasteiger partial charge in [0.1, 0.15) is 5.60 Å². The van der Waals surface area contributed by atoms with Crippen LogP contribution in [0.5, 0.6) is 0 Å². The number of hydrogen-bond acceptors (Lipinski definition) is 4. The van der Waals surface area contributed by atoms with Gasteiger partial charge in [0, 0.05) is 19.1 Å². The van der Waals surface area contributed by atoms with E-state index in [1.54, 1.807) is 29.2 Å². The summed E-state index contributed by atoms with van der Waals surface area (Å²) in [6, 6.07) is 6.79. The number of nitrogens with zero attached hydrogens (tertiary/aromatic N) is 2. The van der Waals surface area contributed by atoms with Crippen LogP contribution in [0.3, 0.4) is 0 Å². The summed E-state index contributed by atoms with van der Waals surface area (Å²) in [5, 5.41) is 0. The maximum atomic E-state index is 12.3. The van der Waals surface area contributed by atoms with E-state index in [1.807, 2.05) is 34.6 Å². The fourth-order valence-corrected chi connectivity index (χ4v) is 2.72. The van der Waals surface area contributed by atoms with Crippen LogP contribution in [0, 0.1) is 0 Å². The lowest BCUT2D eigenvalue weighted by Gasteiger charge is -2.30. The lowest BCUT2D eigenvalue weighted by atomic mass is 10.1. The Kier molecular flexibility index (Phi) is 5.50. The van der Waals surface area contributed by atoms with Crippen molar-refractivity contribution in [1.82, 2.24) is 9.80 Å². The van der Waals surface area contributed by atoms with Gasteiger partial charge in [0.15, 0.2) is 0 Å². The van der Waals surface area contributed by atoms with Crippen molar-refractivity contribution < 1.29 is 19.1 Å². The van der Waals surface area contributed by atoms with Gasteiger partial charge in [-0.05, 0) is 53.2 Å². The molecule has 0 aromatic heterocycles. The molecule has 3 amide bonds. The van der Waals surface area contributed by atoms with Gasteiger partial charge in [0.25, 0.3) is 11.8 Å². The lowest BCUT2D eigenvalue weighted by molar-refractivity contribution is 0.0186. The Morgan fingerprint density at radius 1 is 1.12 bits per heavy atom. The summed E-state index contributed by atoms with van der Waals surface area (Å²) in [5.41, 5.74) is 0.327. The van der Waals surface area contributed by atoms with Gasteiger partial charge in [-0.2, -0.15) is 0 Å². The van der Waals surface area contributed by atoms with E-state index in [2.05, 4.69) is 0 Å². The Bertz CT molecular complexity index is 641. The van der Waals surface area contributed by atoms with E-state index in [9.17, 15) is 14.4 Å². The molecule has 6 heteroatoms. The van der Waals surface area contributed by atoms with Crippen molar-refractivity contribution in [3.63, 3.8) is 0 Å². The highest BCUT2D eigenvalue weighted by Gasteiger charge is 2.34. The predicted octanol–water partition coefficient (Wildman–Crippen LogP) is 3.32. The van der Waals surface area contributed by atoms with Crippen molar-refractivity contribution >= 4 is 17.9 Å². The number of carbonyl (C=O) groups is 3. The van der Waals surface area contributed by atoms with Crippen LogP contribution in [0.4, 0.5) is 4.79 Å². The standard InChI is InChI=1S/C19H26N2O4/c1-13(2)20(18(24)25-19(3,4)5)11-8-12-21-16(22)14-9-6-7-10-15(14)17(21)23/h6-7,9-10,13H,8,11-12H2,1-5H3. The van der Waals surface area contributed by atoms with E-state index in [1.165, 1.54) is 4.90 Å². The summed E-state index contributed by atoms with van der Waals surface area (Å²) in [6.07, 6.45) is 0.118. The Labute approximate surface area is 148 Å². The van der Waals surface area contributed by atoms with Crippen LogP contribution in [-0.2, 0) is 4.74 Å². The van der Waals surface area contributed by atoms with Gasteiger partial charge in [0.05, 0.1) is 11.1 Å². The van der Waals surface area contributed by atoms with E-state index >= 15 is 0 Å². The third-order valence-electron chi connectivity index (χ3n) is 3.91. The molecule has 0 saturated carbocycles. The number of rotatable bonds is 5. The Morgan fingerprint density at radius 3 is 2.08 bits per heavy atom. The molecule has 1 aromatic rings. The highest BCUT2D eigenvalue weighted by atomic mass is 16.6. The van der Waals surface area contributed by atoms with Crippen molar-refractivity contribution in [1.29, 1.82) is 0 Å². The largest absolute Gasteiger partial charge is 0.444 e. The highest BCUT2D eigenvalue weighted by molar-refractivity contribution is 6.21. The molecule has 0 N–H and O–H groups in total. The number of ether oxygens (including phenoxy) is 1. The molecule has 136 valence electrons. The van der Waals surface area contributed by atoms with Crippen LogP contribution in [0.2, 0.25) is 0 Å². The molecule has 0 unspecified atom stereocenters. The second-order valence-corrected chi connectivity index (χ2v) is 7.43. The van der Waals surface area contributed by atoms with Crippen LogP contribution in [0.25, 0.3) is 0 Å². The smallest absolute Gasteiger partial charge is 0.410 e. The molecule has 0 fully saturated rings. The van der Waals surface area contributed by atoms with Crippen molar-refractivity contribution in [3.8, 4) is 0 Å². The molecule has 0 aliphatic carbocycles. The van der Waals surface area contributed by atoms with Crippen LogP contribution in [-0.4, -0.2) is 52.4 Å². The van der Waals surface area contributed by atoms with Crippen LogP contribution >= 0.6 is 0 Å². The zero-order valence-corrected chi connectivity index (χ0v) is 15.5. The Balaban J connectivity index is 1.96. The first-order valence-electron chi connectivity index (χ1n) is 8.56. The third-order valence-corrected chi connectivity index (χ3v) is 3.91. The van der Waals surface area contributed by atoms with E-state index < -0.39 is 5.60 Å². The third kappa shape index (κ3) is 4.38. The Morgan fingerprint density at radius 2 is 1.64 bits per heavy atom. The topological polar surface area (TPSA) is 66.9 Å². The van der Waals surface area contributed by atoms with Gasteiger partial charge in [-0.3, -0.25) is 14.5 Å². The van der Waals surface area contributed by atoms with Crippen molar-refractivity contribution in [2.45, 2.75) is 52.7 Å². The summed E-state index contributed by atoms with van der Waals surface area (Å²) >= 11 is 0. The quantitative estimate of drug-likeness (QED) is 0.767. The van der Waals surface area contributed by atoms with E-state index in [0.29, 0.717) is 24.1 Å². The van der Waals surface area contributed by atoms with Gasteiger partial charge in [-0.25, -0.2) is 4.79 Å². The van der Waals surface area contributed by atoms with Gasteiger partial charge in [-0.1, -0.05) is 12.1 Å². The van der Waals surface area contributed by atoms with Gasteiger partial charge in [-0.15, -0.1) is 0 Å². The molecular weight excluding hydrogens is 320 g/mol. The number of carbonyl (C=O) groups excluding carboxylic acids is 3. The molecule has 6 nitrogen and oxygen atoms in total. The molecule has 0 atom stereocenters. The number of benzene rings is 1. The summed E-state index contributed by atoms with van der Waals surface area (Å²) in [6.45, 7) is 9.97. The SMILES string of the molecule is CC(C)N(CCCN1C(=O)c2ccccc2C1=O)C(=O)OC(C)(C)C. The molecule has 0 spiro atoms. The molecular formula is C19H26N2O4. The monoisotopic (exact) mass is 346 g/mol. The summed E-state index contributed by atoms with van der Waals surface area (Å²) < 4.78 is 5.42. The van der Waals surface area contributed by atoms with E-state index in [4.69, 9.17) is 4.74 Å². The number of amides is 3. The van der Waals surface area contributed by atoms with Crippen molar-refractivity contribution in [2.24, 2.45) is 0 Å². The molecule has 1 aliphatic rings. The lowest BCUT2D eigenvalue weighted by Crippen LogP contribution is -2.42. The summed E-state index contributed by atoms with van der Waals surface area (Å²) in [5.74, 6) is -0.539. The first kappa shape index (κ1) is 19.0. The minimum Gasteiger partial charge on any atom is -0.444 e. The second-order valence-electron chi connectivity index (χ2n) is 7.43. The zero-order valence-electron chi connectivity index (χ0n) is 15.5. The maximum absolute atomic E-state index is 12.3. The molecule has 1 aromatic carbocycles. The van der Waals surface area contributed by atoms with Crippen molar-refractivity contribution in [2.75, 3.05) is 13.1 Å². The fourth-order valence-electron chi connectivity index (χ4n) is 2.72. The average molecular weight is 346 g/mol. The minimum atomic E-state index is -0.563. The van der Waals surface area contributed by atoms with Gasteiger partial charge >= 0.3 is 6.09 Å². The molecule has 0 radical (unpaired) electrons. The zero-order chi connectivity index (χ0) is 18.8. The molecule has 2 rings (SSSR count). The minimum absolute atomic E-state index is 0.0305. The molecule has 0 saturated heterocycles. The van der Waals surface area contributed by atoms with Gasteiger partial charge < -0.3 is 9.64 Å². The number of fused-ring (bicyclic) bond motifs is 1. The predicted molar refractivity (Wildman–Crippen MR) is 94.5 cm³/mol. The summed E-state index contributed by atoms with van der Waals surface area (Å²) in [4.78, 5) is 39.8. The van der Waals surface area contributed by atoms with Gasteiger partial charge in [0.2, 0.25) is 0 Å². The number of hydrogen-bond donors (Lipinski definition) is 0. The maximum Gasteiger partial charge on any atom is 0.410 e. The first-order chi connectivity index (χ1) is 11.6. The first-order valence-corrected chi connectivity index (χ1v) is 8.56.